The maximum absolute atomic E-state index is 13.2. The van der Waals surface area contributed by atoms with Crippen LogP contribution in [0, 0.1) is 11.6 Å². The molecule has 0 radical (unpaired) electrons. The summed E-state index contributed by atoms with van der Waals surface area (Å²) < 4.78 is 35.5. The predicted molar refractivity (Wildman–Crippen MR) is 53.1 cm³/mol. The summed E-state index contributed by atoms with van der Waals surface area (Å²) >= 11 is 0. The average Bonchev–Trinajstić information content (AvgIpc) is 2.21. The summed E-state index contributed by atoms with van der Waals surface area (Å²) in [6, 6.07) is 2.85. The Kier molecular flexibility index (Phi) is 3.47. The van der Waals surface area contributed by atoms with Crippen molar-refractivity contribution in [2.24, 2.45) is 0 Å². The number of ether oxygens (including phenoxy) is 2. The van der Waals surface area contributed by atoms with E-state index in [1.54, 1.807) is 0 Å². The number of esters is 1. The Morgan fingerprint density at radius 2 is 1.94 bits per heavy atom. The van der Waals surface area contributed by atoms with Gasteiger partial charge in [-0.1, -0.05) is 0 Å². The smallest absolute Gasteiger partial charge is 0.349 e. The van der Waals surface area contributed by atoms with Gasteiger partial charge >= 0.3 is 5.97 Å². The van der Waals surface area contributed by atoms with Crippen molar-refractivity contribution in [3.05, 3.63) is 29.8 Å². The van der Waals surface area contributed by atoms with E-state index >= 15 is 0 Å². The maximum Gasteiger partial charge on any atom is 0.349 e. The molecule has 5 heteroatoms. The molecular formula is C11H12F2O3. The molecule has 1 aromatic rings. The van der Waals surface area contributed by atoms with Gasteiger partial charge in [0.25, 0.3) is 0 Å². The number of hydrogen-bond acceptors (Lipinski definition) is 3. The van der Waals surface area contributed by atoms with Crippen molar-refractivity contribution in [1.29, 1.82) is 0 Å². The van der Waals surface area contributed by atoms with E-state index in [2.05, 4.69) is 4.74 Å². The van der Waals surface area contributed by atoms with Crippen molar-refractivity contribution >= 4 is 5.97 Å². The summed E-state index contributed by atoms with van der Waals surface area (Å²) in [6.45, 7) is 2.86. The predicted octanol–water partition coefficient (Wildman–Crippen LogP) is 2.30. The fourth-order valence-corrected chi connectivity index (χ4v) is 1.12. The third-order valence-corrected chi connectivity index (χ3v) is 1.94. The number of carbonyl (C=O) groups is 1. The molecule has 0 N–H and O–H groups in total. The molecule has 0 aliphatic heterocycles. The van der Waals surface area contributed by atoms with Gasteiger partial charge in [0.05, 0.1) is 7.11 Å². The first kappa shape index (κ1) is 12.4. The number of hydrogen-bond donors (Lipinski definition) is 0. The zero-order valence-corrected chi connectivity index (χ0v) is 9.21. The molecule has 0 fully saturated rings. The normalized spacial score (nSPS) is 11.1. The number of carbonyl (C=O) groups excluding carboxylic acids is 1. The number of benzene rings is 1. The topological polar surface area (TPSA) is 35.5 Å². The summed E-state index contributed by atoms with van der Waals surface area (Å²) in [5, 5.41) is 0. The van der Waals surface area contributed by atoms with Crippen LogP contribution in [0.1, 0.15) is 13.8 Å². The molecule has 0 amide bonds. The highest BCUT2D eigenvalue weighted by atomic mass is 19.1. The molecule has 0 unspecified atom stereocenters. The van der Waals surface area contributed by atoms with E-state index in [9.17, 15) is 13.6 Å². The number of methoxy groups -OCH3 is 1. The first-order valence-electron chi connectivity index (χ1n) is 4.59. The monoisotopic (exact) mass is 230 g/mol. The van der Waals surface area contributed by atoms with E-state index < -0.39 is 23.2 Å². The van der Waals surface area contributed by atoms with Crippen LogP contribution in [-0.4, -0.2) is 18.7 Å². The van der Waals surface area contributed by atoms with Gasteiger partial charge in [-0.3, -0.25) is 0 Å². The van der Waals surface area contributed by atoms with Crippen LogP contribution in [0.4, 0.5) is 8.78 Å². The lowest BCUT2D eigenvalue weighted by molar-refractivity contribution is -0.156. The van der Waals surface area contributed by atoms with Gasteiger partial charge in [0.2, 0.25) is 0 Å². The molecule has 0 spiro atoms. The van der Waals surface area contributed by atoms with Crippen LogP contribution in [0.3, 0.4) is 0 Å². The van der Waals surface area contributed by atoms with Crippen LogP contribution in [0.15, 0.2) is 18.2 Å². The molecule has 88 valence electrons. The molecule has 1 aromatic carbocycles. The van der Waals surface area contributed by atoms with E-state index in [-0.39, 0.29) is 5.75 Å². The molecule has 0 saturated carbocycles. The van der Waals surface area contributed by atoms with Crippen molar-refractivity contribution in [2.75, 3.05) is 7.11 Å². The van der Waals surface area contributed by atoms with Gasteiger partial charge in [-0.2, -0.15) is 0 Å². The highest BCUT2D eigenvalue weighted by Crippen LogP contribution is 2.23. The molecule has 0 saturated heterocycles. The second-order valence-corrected chi connectivity index (χ2v) is 3.68. The van der Waals surface area contributed by atoms with Gasteiger partial charge in [-0.15, -0.1) is 0 Å². The second kappa shape index (κ2) is 4.47. The molecule has 1 rings (SSSR count). The van der Waals surface area contributed by atoms with Gasteiger partial charge in [-0.25, -0.2) is 13.6 Å². The summed E-state index contributed by atoms with van der Waals surface area (Å²) in [5.41, 5.74) is -1.33. The Balaban J connectivity index is 2.92. The van der Waals surface area contributed by atoms with E-state index in [1.807, 2.05) is 0 Å². The van der Waals surface area contributed by atoms with Crippen molar-refractivity contribution in [3.8, 4) is 5.75 Å². The van der Waals surface area contributed by atoms with Gasteiger partial charge in [0.15, 0.2) is 17.2 Å². The largest absolute Gasteiger partial charge is 0.473 e. The van der Waals surface area contributed by atoms with Crippen LogP contribution in [0.5, 0.6) is 5.75 Å². The van der Waals surface area contributed by atoms with Crippen LogP contribution in [0.25, 0.3) is 0 Å². The van der Waals surface area contributed by atoms with Crippen LogP contribution in [-0.2, 0) is 9.53 Å². The Morgan fingerprint density at radius 1 is 1.31 bits per heavy atom. The SMILES string of the molecule is COC(=O)C(C)(C)Oc1ccc(F)cc1F. The first-order chi connectivity index (χ1) is 7.36. The third-order valence-electron chi connectivity index (χ3n) is 1.94. The lowest BCUT2D eigenvalue weighted by Crippen LogP contribution is -2.39. The Labute approximate surface area is 92.0 Å². The molecule has 0 aliphatic carbocycles. The van der Waals surface area contributed by atoms with Gasteiger partial charge in [0.1, 0.15) is 5.82 Å². The quantitative estimate of drug-likeness (QED) is 0.747. The zero-order valence-electron chi connectivity index (χ0n) is 9.21. The summed E-state index contributed by atoms with van der Waals surface area (Å²) in [6.07, 6.45) is 0. The van der Waals surface area contributed by atoms with Gasteiger partial charge in [-0.05, 0) is 26.0 Å². The fraction of sp³-hybridized carbons (Fsp3) is 0.364. The first-order valence-corrected chi connectivity index (χ1v) is 4.59. The molecule has 0 heterocycles. The summed E-state index contributed by atoms with van der Waals surface area (Å²) in [5.74, 6) is -2.41. The van der Waals surface area contributed by atoms with E-state index in [4.69, 9.17) is 4.74 Å². The Bertz CT molecular complexity index is 402. The third kappa shape index (κ3) is 2.68. The lowest BCUT2D eigenvalue weighted by atomic mass is 10.1. The Morgan fingerprint density at radius 3 is 2.44 bits per heavy atom. The number of halogens is 2. The minimum atomic E-state index is -1.33. The number of rotatable bonds is 3. The molecule has 3 nitrogen and oxygen atoms in total. The minimum Gasteiger partial charge on any atom is -0.473 e. The van der Waals surface area contributed by atoms with E-state index in [0.717, 1.165) is 12.1 Å². The molecule has 0 aromatic heterocycles. The van der Waals surface area contributed by atoms with Gasteiger partial charge in [0, 0.05) is 6.07 Å². The molecule has 16 heavy (non-hydrogen) atoms. The van der Waals surface area contributed by atoms with Crippen molar-refractivity contribution in [2.45, 2.75) is 19.4 Å². The van der Waals surface area contributed by atoms with E-state index in [1.165, 1.54) is 21.0 Å². The molecule has 0 bridgehead atoms. The Hall–Kier alpha value is -1.65. The van der Waals surface area contributed by atoms with Crippen molar-refractivity contribution < 1.29 is 23.0 Å². The molecule has 0 atom stereocenters. The average molecular weight is 230 g/mol. The highest BCUT2D eigenvalue weighted by molar-refractivity contribution is 5.78. The molecular weight excluding hydrogens is 218 g/mol. The summed E-state index contributed by atoms with van der Waals surface area (Å²) in [4.78, 5) is 11.3. The standard InChI is InChI=1S/C11H12F2O3/c1-11(2,10(14)15-3)16-9-5-4-7(12)6-8(9)13/h4-6H,1-3H3. The minimum absolute atomic E-state index is 0.197. The molecule has 0 aliphatic rings. The van der Waals surface area contributed by atoms with Crippen LogP contribution < -0.4 is 4.74 Å². The van der Waals surface area contributed by atoms with Crippen molar-refractivity contribution in [3.63, 3.8) is 0 Å². The second-order valence-electron chi connectivity index (χ2n) is 3.68. The van der Waals surface area contributed by atoms with Crippen LogP contribution in [0.2, 0.25) is 0 Å². The van der Waals surface area contributed by atoms with Crippen LogP contribution >= 0.6 is 0 Å². The lowest BCUT2D eigenvalue weighted by Gasteiger charge is -2.23. The van der Waals surface area contributed by atoms with E-state index in [0.29, 0.717) is 6.07 Å². The van der Waals surface area contributed by atoms with Crippen molar-refractivity contribution in [1.82, 2.24) is 0 Å². The highest BCUT2D eigenvalue weighted by Gasteiger charge is 2.31. The summed E-state index contributed by atoms with van der Waals surface area (Å²) in [7, 11) is 1.20. The van der Waals surface area contributed by atoms with Gasteiger partial charge < -0.3 is 9.47 Å². The zero-order chi connectivity index (χ0) is 12.3. The fourth-order valence-electron chi connectivity index (χ4n) is 1.12. The maximum atomic E-state index is 13.2.